The van der Waals surface area contributed by atoms with Crippen LogP contribution >= 0.6 is 0 Å². The van der Waals surface area contributed by atoms with E-state index in [0.29, 0.717) is 0 Å². The first-order chi connectivity index (χ1) is 7.21. The van der Waals surface area contributed by atoms with Crippen LogP contribution in [0.1, 0.15) is 20.8 Å². The molecular formula is C11H18O5. The van der Waals surface area contributed by atoms with Crippen molar-refractivity contribution < 1.29 is 24.2 Å². The molecular weight excluding hydrogens is 212 g/mol. The number of hydrogen-bond acceptors (Lipinski definition) is 5. The molecule has 0 radical (unpaired) electrons. The summed E-state index contributed by atoms with van der Waals surface area (Å²) in [4.78, 5) is 23.1. The molecule has 16 heavy (non-hydrogen) atoms. The molecule has 5 heteroatoms. The number of ether oxygens (including phenoxy) is 2. The molecule has 0 unspecified atom stereocenters. The van der Waals surface area contributed by atoms with Crippen molar-refractivity contribution in [3.8, 4) is 0 Å². The lowest BCUT2D eigenvalue weighted by Crippen LogP contribution is -2.71. The number of carbonyl (C=O) groups excluding carboxylic acids is 2. The molecule has 0 bridgehead atoms. The van der Waals surface area contributed by atoms with E-state index in [1.807, 2.05) is 0 Å². The van der Waals surface area contributed by atoms with Crippen LogP contribution in [0.25, 0.3) is 0 Å². The van der Waals surface area contributed by atoms with Crippen LogP contribution < -0.4 is 0 Å². The van der Waals surface area contributed by atoms with Crippen molar-refractivity contribution in [1.82, 2.24) is 0 Å². The second kappa shape index (κ2) is 3.73. The number of methoxy groups -OCH3 is 2. The third-order valence-corrected chi connectivity index (χ3v) is 3.53. The van der Waals surface area contributed by atoms with Gasteiger partial charge in [-0.25, -0.2) is 0 Å². The summed E-state index contributed by atoms with van der Waals surface area (Å²) in [5.74, 6) is -2.44. The zero-order valence-electron chi connectivity index (χ0n) is 10.2. The van der Waals surface area contributed by atoms with Crippen molar-refractivity contribution in [3.63, 3.8) is 0 Å². The van der Waals surface area contributed by atoms with Crippen molar-refractivity contribution >= 4 is 11.9 Å². The van der Waals surface area contributed by atoms with Crippen molar-refractivity contribution in [2.45, 2.75) is 26.4 Å². The zero-order valence-corrected chi connectivity index (χ0v) is 10.2. The fourth-order valence-corrected chi connectivity index (χ4v) is 3.06. The Morgan fingerprint density at radius 3 is 1.50 bits per heavy atom. The standard InChI is InChI=1S/C11H18O5/c1-10(2)6(8(12)15-4)11(3,14)7(10)9(13)16-5/h6-7,14H,1-5H3/t6-,7-/m0/s1. The van der Waals surface area contributed by atoms with Crippen LogP contribution in [-0.4, -0.2) is 36.9 Å². The second-order valence-electron chi connectivity index (χ2n) is 4.96. The van der Waals surface area contributed by atoms with Crippen LogP contribution in [0.3, 0.4) is 0 Å². The minimum atomic E-state index is -1.41. The maximum Gasteiger partial charge on any atom is 0.312 e. The zero-order chi connectivity index (χ0) is 12.7. The van der Waals surface area contributed by atoms with Crippen LogP contribution in [0, 0.1) is 17.3 Å². The molecule has 1 aliphatic carbocycles. The average molecular weight is 230 g/mol. The number of aliphatic hydroxyl groups is 1. The summed E-state index contributed by atoms with van der Waals surface area (Å²) in [5.41, 5.74) is -2.08. The summed E-state index contributed by atoms with van der Waals surface area (Å²) in [6, 6.07) is 0. The predicted molar refractivity (Wildman–Crippen MR) is 55.4 cm³/mol. The topological polar surface area (TPSA) is 72.8 Å². The molecule has 0 amide bonds. The largest absolute Gasteiger partial charge is 0.469 e. The summed E-state index contributed by atoms with van der Waals surface area (Å²) in [6.07, 6.45) is 0. The van der Waals surface area contributed by atoms with Gasteiger partial charge in [-0.1, -0.05) is 13.8 Å². The highest BCUT2D eigenvalue weighted by Crippen LogP contribution is 2.58. The van der Waals surface area contributed by atoms with E-state index in [1.165, 1.54) is 21.1 Å². The maximum atomic E-state index is 11.5. The lowest BCUT2D eigenvalue weighted by molar-refractivity contribution is -0.241. The third kappa shape index (κ3) is 1.50. The minimum Gasteiger partial charge on any atom is -0.469 e. The molecule has 0 aliphatic heterocycles. The number of rotatable bonds is 2. The van der Waals surface area contributed by atoms with Crippen LogP contribution in [0.5, 0.6) is 0 Å². The molecule has 5 nitrogen and oxygen atoms in total. The molecule has 1 N–H and O–H groups in total. The summed E-state index contributed by atoms with van der Waals surface area (Å²) in [5, 5.41) is 10.2. The van der Waals surface area contributed by atoms with Crippen LogP contribution in [0.15, 0.2) is 0 Å². The van der Waals surface area contributed by atoms with Gasteiger partial charge < -0.3 is 14.6 Å². The van der Waals surface area contributed by atoms with Crippen molar-refractivity contribution in [3.05, 3.63) is 0 Å². The molecule has 0 aromatic rings. The maximum absolute atomic E-state index is 11.5. The molecule has 1 fully saturated rings. The highest BCUT2D eigenvalue weighted by Gasteiger charge is 2.70. The second-order valence-corrected chi connectivity index (χ2v) is 4.96. The SMILES string of the molecule is COC(=O)[C@H]1C(C)(C)[C@H](C(=O)OC)C1(C)O. The van der Waals surface area contributed by atoms with Gasteiger partial charge in [0.25, 0.3) is 0 Å². The van der Waals surface area contributed by atoms with Gasteiger partial charge in [0.2, 0.25) is 0 Å². The van der Waals surface area contributed by atoms with E-state index in [2.05, 4.69) is 9.47 Å². The Kier molecular flexibility index (Phi) is 3.02. The lowest BCUT2D eigenvalue weighted by Gasteiger charge is -2.59. The molecule has 1 rings (SSSR count). The van der Waals surface area contributed by atoms with Gasteiger partial charge in [-0.05, 0) is 12.3 Å². The Bertz CT molecular complexity index is 274. The molecule has 0 aromatic carbocycles. The number of carbonyl (C=O) groups is 2. The van der Waals surface area contributed by atoms with E-state index >= 15 is 0 Å². The molecule has 0 spiro atoms. The van der Waals surface area contributed by atoms with Gasteiger partial charge in [0.15, 0.2) is 0 Å². The van der Waals surface area contributed by atoms with Gasteiger partial charge in [0.1, 0.15) is 0 Å². The summed E-state index contributed by atoms with van der Waals surface area (Å²) in [7, 11) is 2.53. The first kappa shape index (κ1) is 13.0. The Labute approximate surface area is 94.7 Å². The smallest absolute Gasteiger partial charge is 0.312 e. The fourth-order valence-electron chi connectivity index (χ4n) is 3.06. The summed E-state index contributed by atoms with van der Waals surface area (Å²) in [6.45, 7) is 4.95. The van der Waals surface area contributed by atoms with Crippen LogP contribution in [0.2, 0.25) is 0 Å². The number of esters is 2. The van der Waals surface area contributed by atoms with Crippen LogP contribution in [-0.2, 0) is 19.1 Å². The minimum absolute atomic E-state index is 0.504. The molecule has 0 saturated heterocycles. The average Bonchev–Trinajstić information content (AvgIpc) is 2.15. The van der Waals surface area contributed by atoms with Gasteiger partial charge in [-0.15, -0.1) is 0 Å². The van der Waals surface area contributed by atoms with Gasteiger partial charge in [-0.2, -0.15) is 0 Å². The monoisotopic (exact) mass is 230 g/mol. The molecule has 2 atom stereocenters. The Morgan fingerprint density at radius 1 is 1.00 bits per heavy atom. The van der Waals surface area contributed by atoms with E-state index in [9.17, 15) is 14.7 Å². The molecule has 1 aliphatic rings. The number of hydrogen-bond donors (Lipinski definition) is 1. The molecule has 1 saturated carbocycles. The predicted octanol–water partition coefficient (Wildman–Crippen LogP) is 0.356. The van der Waals surface area contributed by atoms with Gasteiger partial charge in [-0.3, -0.25) is 9.59 Å². The Morgan fingerprint density at radius 2 is 1.31 bits per heavy atom. The highest BCUT2D eigenvalue weighted by atomic mass is 16.5. The van der Waals surface area contributed by atoms with Gasteiger partial charge in [0.05, 0.1) is 31.7 Å². The van der Waals surface area contributed by atoms with E-state index < -0.39 is 34.8 Å². The van der Waals surface area contributed by atoms with E-state index in [-0.39, 0.29) is 0 Å². The van der Waals surface area contributed by atoms with E-state index in [0.717, 1.165) is 0 Å². The van der Waals surface area contributed by atoms with Crippen molar-refractivity contribution in [1.29, 1.82) is 0 Å². The summed E-state index contributed by atoms with van der Waals surface area (Å²) < 4.78 is 9.27. The molecule has 0 aromatic heterocycles. The first-order valence-corrected chi connectivity index (χ1v) is 5.09. The third-order valence-electron chi connectivity index (χ3n) is 3.53. The highest BCUT2D eigenvalue weighted by molar-refractivity contribution is 5.84. The lowest BCUT2D eigenvalue weighted by atomic mass is 9.46. The van der Waals surface area contributed by atoms with E-state index in [1.54, 1.807) is 13.8 Å². The fraction of sp³-hybridized carbons (Fsp3) is 0.818. The molecule has 92 valence electrons. The Balaban J connectivity index is 3.03. The van der Waals surface area contributed by atoms with Crippen molar-refractivity contribution in [2.24, 2.45) is 17.3 Å². The normalized spacial score (nSPS) is 36.1. The first-order valence-electron chi connectivity index (χ1n) is 5.09. The quantitative estimate of drug-likeness (QED) is 0.693. The Hall–Kier alpha value is -1.10. The van der Waals surface area contributed by atoms with E-state index in [4.69, 9.17) is 0 Å². The van der Waals surface area contributed by atoms with Gasteiger partial charge in [0, 0.05) is 0 Å². The molecule has 0 heterocycles. The summed E-state index contributed by atoms with van der Waals surface area (Å²) >= 11 is 0. The van der Waals surface area contributed by atoms with Crippen LogP contribution in [0.4, 0.5) is 0 Å². The van der Waals surface area contributed by atoms with Crippen molar-refractivity contribution in [2.75, 3.05) is 14.2 Å². The van der Waals surface area contributed by atoms with Gasteiger partial charge >= 0.3 is 11.9 Å².